The Morgan fingerprint density at radius 2 is 0.915 bits per heavy atom. The highest BCUT2D eigenvalue weighted by atomic mass is 15.2. The Balaban J connectivity index is 1.24. The highest BCUT2D eigenvalue weighted by molar-refractivity contribution is 7.00. The molecule has 3 nitrogen and oxygen atoms in total. The number of fused-ring (bicyclic) bond motifs is 7. The molecule has 1 aliphatic carbocycles. The zero-order valence-corrected chi connectivity index (χ0v) is 34.6. The van der Waals surface area contributed by atoms with Crippen molar-refractivity contribution < 1.29 is 0 Å². The molecule has 59 heavy (non-hydrogen) atoms. The van der Waals surface area contributed by atoms with E-state index in [1.807, 2.05) is 0 Å². The van der Waals surface area contributed by atoms with Crippen molar-refractivity contribution in [3.05, 3.63) is 203 Å². The molecule has 0 saturated carbocycles. The first-order valence-electron chi connectivity index (χ1n) is 20.9. The molecule has 2 aliphatic heterocycles. The van der Waals surface area contributed by atoms with Gasteiger partial charge in [0.15, 0.2) is 0 Å². The second kappa shape index (κ2) is 13.1. The third-order valence-corrected chi connectivity index (χ3v) is 13.0. The van der Waals surface area contributed by atoms with E-state index in [0.717, 1.165) is 28.4 Å². The molecule has 0 atom stereocenters. The number of anilines is 9. The molecule has 0 amide bonds. The maximum atomic E-state index is 2.52. The van der Waals surface area contributed by atoms with Gasteiger partial charge in [0.05, 0.1) is 5.69 Å². The molecule has 0 radical (unpaired) electrons. The van der Waals surface area contributed by atoms with E-state index in [-0.39, 0.29) is 12.1 Å². The van der Waals surface area contributed by atoms with Crippen LogP contribution in [0.5, 0.6) is 0 Å². The molecule has 2 heterocycles. The summed E-state index contributed by atoms with van der Waals surface area (Å²) in [5.74, 6) is 0. The summed E-state index contributed by atoms with van der Waals surface area (Å²) in [5.41, 5.74) is 24.8. The van der Waals surface area contributed by atoms with Gasteiger partial charge in [-0.05, 0) is 139 Å². The normalized spacial score (nSPS) is 14.0. The molecule has 8 aromatic carbocycles. The third kappa shape index (κ3) is 5.43. The molecule has 0 unspecified atom stereocenters. The van der Waals surface area contributed by atoms with E-state index in [2.05, 4.69) is 226 Å². The molecule has 4 heteroatoms. The lowest BCUT2D eigenvalue weighted by atomic mass is 9.33. The fourth-order valence-corrected chi connectivity index (χ4v) is 10.2. The minimum absolute atomic E-state index is 0.0479. The van der Waals surface area contributed by atoms with Gasteiger partial charge in [-0.1, -0.05) is 133 Å². The topological polar surface area (TPSA) is 9.72 Å². The van der Waals surface area contributed by atoms with Crippen molar-refractivity contribution in [2.75, 3.05) is 14.7 Å². The van der Waals surface area contributed by atoms with Crippen LogP contribution in [0.4, 0.5) is 51.2 Å². The van der Waals surface area contributed by atoms with Crippen molar-refractivity contribution in [1.29, 1.82) is 0 Å². The predicted molar refractivity (Wildman–Crippen MR) is 252 cm³/mol. The Morgan fingerprint density at radius 1 is 0.407 bits per heavy atom. The van der Waals surface area contributed by atoms with Crippen LogP contribution in [0, 0.1) is 27.7 Å². The second-order valence-corrected chi connectivity index (χ2v) is 17.4. The Kier molecular flexibility index (Phi) is 7.87. The van der Waals surface area contributed by atoms with Crippen molar-refractivity contribution in [3.8, 4) is 11.1 Å². The van der Waals surface area contributed by atoms with Gasteiger partial charge in [0, 0.05) is 50.9 Å². The van der Waals surface area contributed by atoms with Gasteiger partial charge in [-0.15, -0.1) is 0 Å². The number of para-hydroxylation sites is 1. The number of hydrogen-bond donors (Lipinski definition) is 0. The first kappa shape index (κ1) is 35.4. The molecule has 0 spiro atoms. The average Bonchev–Trinajstić information content (AvgIpc) is 3.47. The highest BCUT2D eigenvalue weighted by Gasteiger charge is 2.44. The summed E-state index contributed by atoms with van der Waals surface area (Å²) >= 11 is 0. The lowest BCUT2D eigenvalue weighted by Gasteiger charge is -2.45. The summed E-state index contributed by atoms with van der Waals surface area (Å²) in [5, 5.41) is 0. The lowest BCUT2D eigenvalue weighted by molar-refractivity contribution is 0.660. The fourth-order valence-electron chi connectivity index (χ4n) is 10.2. The molecule has 0 bridgehead atoms. The molecule has 284 valence electrons. The van der Waals surface area contributed by atoms with Gasteiger partial charge >= 0.3 is 0 Å². The van der Waals surface area contributed by atoms with Crippen LogP contribution >= 0.6 is 0 Å². The largest absolute Gasteiger partial charge is 0.311 e. The molecule has 3 aliphatic rings. The smallest absolute Gasteiger partial charge is 0.252 e. The molecule has 0 N–H and O–H groups in total. The van der Waals surface area contributed by atoms with Gasteiger partial charge in [-0.25, -0.2) is 0 Å². The Bertz CT molecular complexity index is 2840. The van der Waals surface area contributed by atoms with Gasteiger partial charge in [0.25, 0.3) is 6.71 Å². The molecule has 11 rings (SSSR count). The molecule has 0 aromatic heterocycles. The van der Waals surface area contributed by atoms with Crippen molar-refractivity contribution in [2.45, 2.75) is 47.0 Å². The van der Waals surface area contributed by atoms with Crippen LogP contribution in [-0.4, -0.2) is 6.71 Å². The van der Waals surface area contributed by atoms with Crippen LogP contribution in [0.3, 0.4) is 0 Å². The van der Waals surface area contributed by atoms with Crippen LogP contribution in [0.25, 0.3) is 11.1 Å². The number of aryl methyl sites for hydroxylation is 4. The monoisotopic (exact) mass is 759 g/mol. The molecule has 0 saturated heterocycles. The molecule has 8 aromatic rings. The number of nitrogens with zero attached hydrogens (tertiary/aromatic N) is 3. The SMILES string of the molecule is Cc1ccc(N2c3ccc(C)cc3B3c4cc(C)ccc4N(c4ccc(C)cc4)c4cc(N(c5ccccc5)c5ccc6c(c5)C(C)(C)c5ccccc5-6)cc2c43)cc1. The van der Waals surface area contributed by atoms with Crippen LogP contribution in [0.15, 0.2) is 170 Å². The van der Waals surface area contributed by atoms with E-state index >= 15 is 0 Å². The predicted octanol–water partition coefficient (Wildman–Crippen LogP) is 12.8. The number of rotatable bonds is 5. The van der Waals surface area contributed by atoms with Gasteiger partial charge in [0.1, 0.15) is 0 Å². The highest BCUT2D eigenvalue weighted by Crippen LogP contribution is 2.52. The maximum absolute atomic E-state index is 2.52. The van der Waals surface area contributed by atoms with Crippen molar-refractivity contribution in [3.63, 3.8) is 0 Å². The Labute approximate surface area is 348 Å². The quantitative estimate of drug-likeness (QED) is 0.162. The van der Waals surface area contributed by atoms with Gasteiger partial charge in [-0.2, -0.15) is 0 Å². The second-order valence-electron chi connectivity index (χ2n) is 17.4. The first-order chi connectivity index (χ1) is 28.7. The maximum Gasteiger partial charge on any atom is 0.252 e. The van der Waals surface area contributed by atoms with Crippen LogP contribution < -0.4 is 31.1 Å². The summed E-state index contributed by atoms with van der Waals surface area (Å²) in [6, 6.07) is 64.0. The van der Waals surface area contributed by atoms with Crippen LogP contribution in [0.1, 0.15) is 47.2 Å². The lowest BCUT2D eigenvalue weighted by Crippen LogP contribution is -2.61. The van der Waals surface area contributed by atoms with E-state index in [1.54, 1.807) is 0 Å². The Morgan fingerprint density at radius 3 is 1.49 bits per heavy atom. The summed E-state index contributed by atoms with van der Waals surface area (Å²) in [7, 11) is 0. The van der Waals surface area contributed by atoms with Gasteiger partial charge in [-0.3, -0.25) is 0 Å². The summed E-state index contributed by atoms with van der Waals surface area (Å²) < 4.78 is 0. The fraction of sp³-hybridized carbons (Fsp3) is 0.127. The summed E-state index contributed by atoms with van der Waals surface area (Å²) in [4.78, 5) is 7.51. The van der Waals surface area contributed by atoms with E-state index in [4.69, 9.17) is 0 Å². The van der Waals surface area contributed by atoms with Crippen LogP contribution in [-0.2, 0) is 5.41 Å². The average molecular weight is 760 g/mol. The van der Waals surface area contributed by atoms with Crippen LogP contribution in [0.2, 0.25) is 0 Å². The van der Waals surface area contributed by atoms with Crippen molar-refractivity contribution in [2.24, 2.45) is 0 Å². The van der Waals surface area contributed by atoms with E-state index in [0.29, 0.717) is 0 Å². The number of benzene rings is 8. The molecule has 0 fully saturated rings. The van der Waals surface area contributed by atoms with Gasteiger partial charge < -0.3 is 14.7 Å². The summed E-state index contributed by atoms with van der Waals surface area (Å²) in [6.07, 6.45) is 0. The number of hydrogen-bond acceptors (Lipinski definition) is 3. The van der Waals surface area contributed by atoms with Crippen molar-refractivity contribution in [1.82, 2.24) is 0 Å². The third-order valence-electron chi connectivity index (χ3n) is 13.0. The Hall–Kier alpha value is -6.78. The minimum Gasteiger partial charge on any atom is -0.311 e. The minimum atomic E-state index is -0.131. The van der Waals surface area contributed by atoms with Crippen molar-refractivity contribution >= 4 is 74.3 Å². The summed E-state index contributed by atoms with van der Waals surface area (Å²) in [6.45, 7) is 13.6. The zero-order valence-electron chi connectivity index (χ0n) is 34.6. The van der Waals surface area contributed by atoms with E-state index in [1.165, 1.54) is 83.6 Å². The van der Waals surface area contributed by atoms with Gasteiger partial charge in [0.2, 0.25) is 0 Å². The molecular formula is C55H46BN3. The van der Waals surface area contributed by atoms with E-state index < -0.39 is 0 Å². The first-order valence-corrected chi connectivity index (χ1v) is 20.9. The standard InChI is InChI=1S/C55H46BN3/c1-35-16-22-40(23-17-35)58-50-28-20-37(3)30-48(50)56-49-31-38(4)21-29-51(49)59(41-24-18-36(2)19-25-41)53-34-43(33-52(58)54(53)56)57(39-12-8-7-9-13-39)42-26-27-45-44-14-10-11-15-46(44)55(5,6)47(45)32-42/h7-34H,1-6H3. The van der Waals surface area contributed by atoms with E-state index in [9.17, 15) is 0 Å². The molecular weight excluding hydrogens is 713 g/mol. The zero-order chi connectivity index (χ0) is 40.2.